The van der Waals surface area contributed by atoms with E-state index in [2.05, 4.69) is 15.6 Å². The molecular weight excluding hydrogens is 470 g/mol. The SMILES string of the molecule is Cc1cc2c(Oc3ccc(NC(=O)NC4CC4)c(Cl)c3)ccnc2cc1OC[C@@H]1COC(C)(C)O1. The summed E-state index contributed by atoms with van der Waals surface area (Å²) in [5.41, 5.74) is 2.22. The van der Waals surface area contributed by atoms with Crippen LogP contribution in [0.5, 0.6) is 17.2 Å². The van der Waals surface area contributed by atoms with E-state index in [1.165, 1.54) is 0 Å². The van der Waals surface area contributed by atoms with Crippen molar-refractivity contribution in [2.45, 2.75) is 51.5 Å². The number of fused-ring (bicyclic) bond motifs is 1. The smallest absolute Gasteiger partial charge is 0.319 e. The average molecular weight is 498 g/mol. The van der Waals surface area contributed by atoms with E-state index in [0.29, 0.717) is 35.4 Å². The van der Waals surface area contributed by atoms with Gasteiger partial charge in [0.15, 0.2) is 5.79 Å². The van der Waals surface area contributed by atoms with Gasteiger partial charge in [0.2, 0.25) is 0 Å². The molecule has 35 heavy (non-hydrogen) atoms. The number of rotatable bonds is 7. The molecule has 184 valence electrons. The third-order valence-corrected chi connectivity index (χ3v) is 6.13. The Hall–Kier alpha value is -3.07. The lowest BCUT2D eigenvalue weighted by molar-refractivity contribution is -0.141. The Labute approximate surface area is 208 Å². The highest BCUT2D eigenvalue weighted by atomic mass is 35.5. The van der Waals surface area contributed by atoms with Gasteiger partial charge in [0.05, 0.1) is 22.8 Å². The van der Waals surface area contributed by atoms with Gasteiger partial charge in [0, 0.05) is 29.8 Å². The minimum absolute atomic E-state index is 0.121. The van der Waals surface area contributed by atoms with Crippen molar-refractivity contribution >= 4 is 34.2 Å². The molecular formula is C26H28ClN3O5. The number of nitrogens with one attached hydrogen (secondary N) is 2. The first-order valence-corrected chi connectivity index (χ1v) is 12.0. The molecule has 2 aliphatic rings. The van der Waals surface area contributed by atoms with Crippen LogP contribution in [0.2, 0.25) is 5.02 Å². The van der Waals surface area contributed by atoms with Crippen molar-refractivity contribution in [1.29, 1.82) is 0 Å². The van der Waals surface area contributed by atoms with Crippen molar-refractivity contribution in [2.24, 2.45) is 0 Å². The van der Waals surface area contributed by atoms with Crippen LogP contribution in [0.25, 0.3) is 10.9 Å². The molecule has 1 aliphatic carbocycles. The number of pyridine rings is 1. The molecule has 1 aliphatic heterocycles. The molecule has 0 radical (unpaired) electrons. The van der Waals surface area contributed by atoms with Gasteiger partial charge in [-0.2, -0.15) is 0 Å². The Morgan fingerprint density at radius 2 is 2.03 bits per heavy atom. The van der Waals surface area contributed by atoms with Crippen LogP contribution in [-0.2, 0) is 9.47 Å². The molecule has 1 aromatic heterocycles. The number of nitrogens with zero attached hydrogens (tertiary/aromatic N) is 1. The number of halogens is 1. The van der Waals surface area contributed by atoms with Gasteiger partial charge in [-0.3, -0.25) is 4.98 Å². The second-order valence-corrected chi connectivity index (χ2v) is 9.73. The second kappa shape index (κ2) is 9.53. The summed E-state index contributed by atoms with van der Waals surface area (Å²) in [6, 6.07) is 10.9. The van der Waals surface area contributed by atoms with Crippen LogP contribution in [0.4, 0.5) is 10.5 Å². The lowest BCUT2D eigenvalue weighted by Gasteiger charge is -2.18. The Morgan fingerprint density at radius 1 is 1.20 bits per heavy atom. The zero-order valence-corrected chi connectivity index (χ0v) is 20.6. The fraction of sp³-hybridized carbons (Fsp3) is 0.385. The molecule has 0 bridgehead atoms. The average Bonchev–Trinajstić information content (AvgIpc) is 3.54. The Kier molecular flexibility index (Phi) is 6.44. The largest absolute Gasteiger partial charge is 0.490 e. The van der Waals surface area contributed by atoms with Crippen LogP contribution in [0.1, 0.15) is 32.3 Å². The standard InChI is InChI=1S/C26H28ClN3O5/c1-15-10-19-22(12-24(15)32-13-18-14-33-26(2,3)35-18)28-9-8-23(19)34-17-6-7-21(20(27)11-17)30-25(31)29-16-4-5-16/h6-12,16,18H,4-5,13-14H2,1-3H3,(H2,29,30,31)/t18-/m1/s1. The molecule has 2 fully saturated rings. The van der Waals surface area contributed by atoms with Crippen LogP contribution in [-0.4, -0.2) is 42.2 Å². The number of aryl methyl sites for hydroxylation is 1. The molecule has 1 saturated carbocycles. The molecule has 8 nitrogen and oxygen atoms in total. The monoisotopic (exact) mass is 497 g/mol. The van der Waals surface area contributed by atoms with Gasteiger partial charge in [-0.05, 0) is 63.4 Å². The lowest BCUT2D eigenvalue weighted by Crippen LogP contribution is -2.30. The molecule has 1 atom stereocenters. The van der Waals surface area contributed by atoms with E-state index in [0.717, 1.165) is 35.1 Å². The summed E-state index contributed by atoms with van der Waals surface area (Å²) in [5.74, 6) is 1.34. The van der Waals surface area contributed by atoms with Crippen molar-refractivity contribution in [3.63, 3.8) is 0 Å². The number of carbonyl (C=O) groups is 1. The molecule has 2 N–H and O–H groups in total. The van der Waals surface area contributed by atoms with Crippen molar-refractivity contribution in [2.75, 3.05) is 18.5 Å². The van der Waals surface area contributed by atoms with Gasteiger partial charge in [-0.15, -0.1) is 0 Å². The summed E-state index contributed by atoms with van der Waals surface area (Å²) in [6.07, 6.45) is 3.60. The van der Waals surface area contributed by atoms with Crippen LogP contribution < -0.4 is 20.1 Å². The van der Waals surface area contributed by atoms with Gasteiger partial charge in [-0.1, -0.05) is 11.6 Å². The molecule has 2 heterocycles. The minimum Gasteiger partial charge on any atom is -0.490 e. The number of amides is 2. The highest BCUT2D eigenvalue weighted by Gasteiger charge is 2.33. The molecule has 2 amide bonds. The van der Waals surface area contributed by atoms with E-state index in [4.69, 9.17) is 30.5 Å². The van der Waals surface area contributed by atoms with Crippen molar-refractivity contribution in [1.82, 2.24) is 10.3 Å². The predicted octanol–water partition coefficient (Wildman–Crippen LogP) is 5.80. The lowest BCUT2D eigenvalue weighted by atomic mass is 10.1. The fourth-order valence-corrected chi connectivity index (χ4v) is 4.11. The number of urea groups is 1. The van der Waals surface area contributed by atoms with Crippen LogP contribution >= 0.6 is 11.6 Å². The first kappa shape index (κ1) is 23.7. The predicted molar refractivity (Wildman–Crippen MR) is 134 cm³/mol. The number of carbonyl (C=O) groups excluding carboxylic acids is 1. The van der Waals surface area contributed by atoms with E-state index in [1.807, 2.05) is 32.9 Å². The zero-order chi connectivity index (χ0) is 24.6. The van der Waals surface area contributed by atoms with Crippen molar-refractivity contribution in [3.8, 4) is 17.2 Å². The normalized spacial score (nSPS) is 18.9. The van der Waals surface area contributed by atoms with Gasteiger partial charge in [-0.25, -0.2) is 4.79 Å². The van der Waals surface area contributed by atoms with E-state index in [1.54, 1.807) is 30.5 Å². The Bertz CT molecular complexity index is 1260. The number of benzene rings is 2. The number of hydrogen-bond acceptors (Lipinski definition) is 6. The van der Waals surface area contributed by atoms with Crippen molar-refractivity contribution in [3.05, 3.63) is 53.2 Å². The van der Waals surface area contributed by atoms with E-state index in [-0.39, 0.29) is 18.2 Å². The summed E-state index contributed by atoms with van der Waals surface area (Å²) in [4.78, 5) is 16.5. The summed E-state index contributed by atoms with van der Waals surface area (Å²) in [7, 11) is 0. The second-order valence-electron chi connectivity index (χ2n) is 9.32. The quantitative estimate of drug-likeness (QED) is 0.428. The van der Waals surface area contributed by atoms with Crippen LogP contribution in [0.15, 0.2) is 42.6 Å². The number of hydrogen-bond donors (Lipinski definition) is 2. The first-order valence-electron chi connectivity index (χ1n) is 11.6. The third-order valence-electron chi connectivity index (χ3n) is 5.82. The number of anilines is 1. The fourth-order valence-electron chi connectivity index (χ4n) is 3.89. The van der Waals surface area contributed by atoms with E-state index < -0.39 is 5.79 Å². The number of ether oxygens (including phenoxy) is 4. The van der Waals surface area contributed by atoms with Gasteiger partial charge < -0.3 is 29.6 Å². The summed E-state index contributed by atoms with van der Waals surface area (Å²) >= 11 is 6.39. The van der Waals surface area contributed by atoms with Gasteiger partial charge in [0.1, 0.15) is 30.0 Å². The summed E-state index contributed by atoms with van der Waals surface area (Å²) in [6.45, 7) is 6.65. The third kappa shape index (κ3) is 5.78. The molecule has 0 spiro atoms. The molecule has 2 aromatic carbocycles. The first-order chi connectivity index (χ1) is 16.8. The molecule has 9 heteroatoms. The Morgan fingerprint density at radius 3 is 2.74 bits per heavy atom. The van der Waals surface area contributed by atoms with Crippen LogP contribution in [0, 0.1) is 6.92 Å². The maximum absolute atomic E-state index is 12.0. The van der Waals surface area contributed by atoms with E-state index >= 15 is 0 Å². The minimum atomic E-state index is -0.583. The molecule has 1 saturated heterocycles. The maximum atomic E-state index is 12.0. The molecule has 0 unspecified atom stereocenters. The highest BCUT2D eigenvalue weighted by Crippen LogP contribution is 2.35. The van der Waals surface area contributed by atoms with Crippen LogP contribution in [0.3, 0.4) is 0 Å². The Balaban J connectivity index is 1.29. The number of aromatic nitrogens is 1. The highest BCUT2D eigenvalue weighted by molar-refractivity contribution is 6.33. The summed E-state index contributed by atoms with van der Waals surface area (Å²) in [5, 5.41) is 6.88. The molecule has 5 rings (SSSR count). The molecule has 3 aromatic rings. The van der Waals surface area contributed by atoms with E-state index in [9.17, 15) is 4.79 Å². The maximum Gasteiger partial charge on any atom is 0.319 e. The van der Waals surface area contributed by atoms with Gasteiger partial charge >= 0.3 is 6.03 Å². The zero-order valence-electron chi connectivity index (χ0n) is 19.9. The topological polar surface area (TPSA) is 90.9 Å². The summed E-state index contributed by atoms with van der Waals surface area (Å²) < 4.78 is 23.6. The van der Waals surface area contributed by atoms with Crippen molar-refractivity contribution < 1.29 is 23.7 Å². The van der Waals surface area contributed by atoms with Gasteiger partial charge in [0.25, 0.3) is 0 Å².